The van der Waals surface area contributed by atoms with Crippen LogP contribution in [0.25, 0.3) is 22.3 Å². The third-order valence-corrected chi connectivity index (χ3v) is 8.42. The van der Waals surface area contributed by atoms with Crippen LogP contribution in [-0.2, 0) is 10.0 Å². The number of rotatable bonds is 8. The first-order valence-corrected chi connectivity index (χ1v) is 15.0. The molecule has 4 heterocycles. The van der Waals surface area contributed by atoms with Crippen LogP contribution in [0.15, 0.2) is 95.3 Å². The van der Waals surface area contributed by atoms with Gasteiger partial charge in [-0.25, -0.2) is 31.7 Å². The van der Waals surface area contributed by atoms with Crippen LogP contribution in [0.2, 0.25) is 0 Å². The summed E-state index contributed by atoms with van der Waals surface area (Å²) in [7, 11) is -4.44. The molecule has 15 heteroatoms. The van der Waals surface area contributed by atoms with Gasteiger partial charge in [0, 0.05) is 24.0 Å². The van der Waals surface area contributed by atoms with Gasteiger partial charge in [0.25, 0.3) is 15.6 Å². The quantitative estimate of drug-likeness (QED) is 0.220. The molecule has 1 atom stereocenters. The topological polar surface area (TPSA) is 162 Å². The Labute approximate surface area is 255 Å². The van der Waals surface area contributed by atoms with Crippen LogP contribution < -0.4 is 21.3 Å². The van der Waals surface area contributed by atoms with Gasteiger partial charge in [-0.05, 0) is 55.8 Å². The molecule has 0 amide bonds. The first kappa shape index (κ1) is 29.4. The summed E-state index contributed by atoms with van der Waals surface area (Å²) in [6.07, 6.45) is 5.60. The Balaban J connectivity index is 1.39. The summed E-state index contributed by atoms with van der Waals surface area (Å²) in [6, 6.07) is 13.9. The SMILES string of the molecule is Cc1ccn2nc(C(C)Nc3ncnc(N)c3-c3cncc(NS(=O)(=O)c4ccc(F)cc4F)c3)n(-c3ccccc3)c(=O)c12. The lowest BCUT2D eigenvalue weighted by Crippen LogP contribution is -2.29. The molecule has 0 aliphatic carbocycles. The molecule has 6 rings (SSSR count). The average molecular weight is 630 g/mol. The van der Waals surface area contributed by atoms with Crippen molar-refractivity contribution in [3.8, 4) is 16.8 Å². The van der Waals surface area contributed by atoms with Crippen LogP contribution in [-0.4, -0.2) is 37.6 Å². The van der Waals surface area contributed by atoms with Gasteiger partial charge >= 0.3 is 0 Å². The predicted molar refractivity (Wildman–Crippen MR) is 164 cm³/mol. The number of fused-ring (bicyclic) bond motifs is 1. The minimum atomic E-state index is -4.44. The van der Waals surface area contributed by atoms with Crippen molar-refractivity contribution in [2.75, 3.05) is 15.8 Å². The highest BCUT2D eigenvalue weighted by Crippen LogP contribution is 2.34. The molecule has 0 aliphatic heterocycles. The van der Waals surface area contributed by atoms with Gasteiger partial charge in [-0.3, -0.25) is 19.1 Å². The first-order valence-electron chi connectivity index (χ1n) is 13.5. The minimum absolute atomic E-state index is 0.0218. The maximum atomic E-state index is 14.3. The minimum Gasteiger partial charge on any atom is -0.383 e. The highest BCUT2D eigenvalue weighted by Gasteiger charge is 2.23. The van der Waals surface area contributed by atoms with Crippen LogP contribution >= 0.6 is 0 Å². The van der Waals surface area contributed by atoms with Gasteiger partial charge in [0.2, 0.25) is 0 Å². The summed E-state index contributed by atoms with van der Waals surface area (Å²) < 4.78 is 58.7. The molecule has 228 valence electrons. The molecular weight excluding hydrogens is 604 g/mol. The molecule has 1 unspecified atom stereocenters. The Bertz CT molecular complexity index is 2240. The van der Waals surface area contributed by atoms with E-state index < -0.39 is 32.6 Å². The number of para-hydroxylation sites is 1. The summed E-state index contributed by atoms with van der Waals surface area (Å²) in [5, 5.41) is 8.01. The zero-order valence-electron chi connectivity index (χ0n) is 23.8. The van der Waals surface area contributed by atoms with Crippen LogP contribution in [0.3, 0.4) is 0 Å². The number of aromatic nitrogens is 6. The van der Waals surface area contributed by atoms with Gasteiger partial charge in [-0.1, -0.05) is 18.2 Å². The molecule has 12 nitrogen and oxygen atoms in total. The molecular formula is C30H25F2N9O3S. The zero-order valence-corrected chi connectivity index (χ0v) is 24.6. The zero-order chi connectivity index (χ0) is 31.9. The van der Waals surface area contributed by atoms with Gasteiger partial charge in [0.1, 0.15) is 40.0 Å². The Hall–Kier alpha value is -5.70. The summed E-state index contributed by atoms with van der Waals surface area (Å²) in [6.45, 7) is 3.63. The molecule has 0 fully saturated rings. The van der Waals surface area contributed by atoms with E-state index in [0.29, 0.717) is 28.7 Å². The summed E-state index contributed by atoms with van der Waals surface area (Å²) in [5.74, 6) is -1.49. The van der Waals surface area contributed by atoms with Gasteiger partial charge in [-0.15, -0.1) is 0 Å². The highest BCUT2D eigenvalue weighted by atomic mass is 32.2. The Morgan fingerprint density at radius 1 is 1.00 bits per heavy atom. The fourth-order valence-electron chi connectivity index (χ4n) is 4.94. The van der Waals surface area contributed by atoms with E-state index in [-0.39, 0.29) is 28.4 Å². The maximum Gasteiger partial charge on any atom is 0.282 e. The predicted octanol–water partition coefficient (Wildman–Crippen LogP) is 4.48. The van der Waals surface area contributed by atoms with E-state index in [9.17, 15) is 22.0 Å². The van der Waals surface area contributed by atoms with E-state index in [1.54, 1.807) is 25.3 Å². The molecule has 0 saturated carbocycles. The van der Waals surface area contributed by atoms with Crippen molar-refractivity contribution < 1.29 is 17.2 Å². The monoisotopic (exact) mass is 629 g/mol. The second-order valence-corrected chi connectivity index (χ2v) is 11.8. The molecule has 2 aromatic carbocycles. The van der Waals surface area contributed by atoms with Gasteiger partial charge in [0.05, 0.1) is 29.2 Å². The van der Waals surface area contributed by atoms with Crippen molar-refractivity contribution in [3.63, 3.8) is 0 Å². The van der Waals surface area contributed by atoms with Crippen LogP contribution in [0, 0.1) is 18.6 Å². The second-order valence-electron chi connectivity index (χ2n) is 10.1. The summed E-state index contributed by atoms with van der Waals surface area (Å²) in [4.78, 5) is 25.6. The van der Waals surface area contributed by atoms with Crippen LogP contribution in [0.5, 0.6) is 0 Å². The van der Waals surface area contributed by atoms with E-state index in [1.807, 2.05) is 31.2 Å². The van der Waals surface area contributed by atoms with Crippen LogP contribution in [0.1, 0.15) is 24.4 Å². The smallest absolute Gasteiger partial charge is 0.282 e. The number of nitrogens with zero attached hydrogens (tertiary/aromatic N) is 6. The molecule has 45 heavy (non-hydrogen) atoms. The lowest BCUT2D eigenvalue weighted by molar-refractivity contribution is 0.551. The lowest BCUT2D eigenvalue weighted by Gasteiger charge is -2.21. The summed E-state index contributed by atoms with van der Waals surface area (Å²) >= 11 is 0. The number of halogens is 2. The molecule has 4 aromatic heterocycles. The normalized spacial score (nSPS) is 12.3. The molecule has 0 bridgehead atoms. The Kier molecular flexibility index (Phi) is 7.46. The largest absolute Gasteiger partial charge is 0.383 e. The van der Waals surface area contributed by atoms with Crippen molar-refractivity contribution in [3.05, 3.63) is 119 Å². The standard InChI is InChI=1S/C30H25F2N9O3S/c1-17-10-11-40-26(17)30(42)41(22-6-4-3-5-7-22)29(38-40)18(2)37-28-25(27(33)35-16-36-28)19-12-21(15-34-14-19)39-45(43,44)24-9-8-20(31)13-23(24)32/h3-16,18,39H,1-2H3,(H3,33,35,36,37). The van der Waals surface area contributed by atoms with Crippen molar-refractivity contribution in [2.24, 2.45) is 0 Å². The van der Waals surface area contributed by atoms with E-state index in [2.05, 4.69) is 25.0 Å². The molecule has 0 aliphatic rings. The second kappa shape index (κ2) is 11.4. The van der Waals surface area contributed by atoms with E-state index in [4.69, 9.17) is 10.8 Å². The fourth-order valence-corrected chi connectivity index (χ4v) is 6.03. The molecule has 0 radical (unpaired) electrons. The number of sulfonamides is 1. The maximum absolute atomic E-state index is 14.3. The molecule has 6 aromatic rings. The van der Waals surface area contributed by atoms with Crippen molar-refractivity contribution in [2.45, 2.75) is 24.8 Å². The van der Waals surface area contributed by atoms with E-state index in [0.717, 1.165) is 17.7 Å². The molecule has 0 saturated heterocycles. The number of nitrogens with two attached hydrogens (primary N) is 1. The number of hydrogen-bond acceptors (Lipinski definition) is 9. The number of hydrogen-bond donors (Lipinski definition) is 3. The average Bonchev–Trinajstić information content (AvgIpc) is 3.38. The van der Waals surface area contributed by atoms with Gasteiger partial charge in [0.15, 0.2) is 5.82 Å². The summed E-state index contributed by atoms with van der Waals surface area (Å²) in [5.41, 5.74) is 8.44. The number of anilines is 3. The third kappa shape index (κ3) is 5.56. The van der Waals surface area contributed by atoms with Gasteiger partial charge in [-0.2, -0.15) is 5.10 Å². The Morgan fingerprint density at radius 2 is 1.78 bits per heavy atom. The molecule has 0 spiro atoms. The number of nitrogens with one attached hydrogen (secondary N) is 2. The van der Waals surface area contributed by atoms with Crippen LogP contribution in [0.4, 0.5) is 26.1 Å². The van der Waals surface area contributed by atoms with Crippen molar-refractivity contribution >= 4 is 32.9 Å². The van der Waals surface area contributed by atoms with E-state index in [1.165, 1.54) is 33.9 Å². The lowest BCUT2D eigenvalue weighted by atomic mass is 10.1. The van der Waals surface area contributed by atoms with Crippen molar-refractivity contribution in [1.82, 2.24) is 29.1 Å². The number of pyridine rings is 1. The first-order chi connectivity index (χ1) is 21.5. The highest BCUT2D eigenvalue weighted by molar-refractivity contribution is 7.92. The number of aryl methyl sites for hydroxylation is 1. The van der Waals surface area contributed by atoms with Crippen molar-refractivity contribution in [1.29, 1.82) is 0 Å². The number of nitrogen functional groups attached to an aromatic ring is 1. The Morgan fingerprint density at radius 3 is 2.53 bits per heavy atom. The van der Waals surface area contributed by atoms with Gasteiger partial charge < -0.3 is 11.1 Å². The van der Waals surface area contributed by atoms with E-state index >= 15 is 0 Å². The third-order valence-electron chi connectivity index (χ3n) is 7.01. The fraction of sp³-hybridized carbons (Fsp3) is 0.100. The molecule has 4 N–H and O–H groups in total. The number of benzene rings is 2.